The van der Waals surface area contributed by atoms with E-state index in [-0.39, 0.29) is 0 Å². The topological polar surface area (TPSA) is 35.2 Å². The zero-order valence-corrected chi connectivity index (χ0v) is 9.84. The number of para-hydroxylation sites is 1. The van der Waals surface area contributed by atoms with E-state index in [9.17, 15) is 0 Å². The molecule has 88 valence electrons. The molecule has 0 atom stereocenters. The Balaban J connectivity index is 2.05. The molecule has 2 N–H and O–H groups in total. The summed E-state index contributed by atoms with van der Waals surface area (Å²) >= 11 is 0. The number of benzene rings is 3. The number of hydrogen-bond donors (Lipinski definition) is 1. The molecule has 0 saturated heterocycles. The van der Waals surface area contributed by atoms with Gasteiger partial charge < -0.3 is 10.5 Å². The van der Waals surface area contributed by atoms with Gasteiger partial charge >= 0.3 is 0 Å². The number of anilines is 1. The molecular weight excluding hydrogens is 222 g/mol. The van der Waals surface area contributed by atoms with Gasteiger partial charge in [0.1, 0.15) is 5.75 Å². The van der Waals surface area contributed by atoms with Gasteiger partial charge in [0.05, 0.1) is 5.69 Å². The van der Waals surface area contributed by atoms with Crippen molar-refractivity contribution in [1.29, 1.82) is 0 Å². The van der Waals surface area contributed by atoms with E-state index in [0.29, 0.717) is 11.4 Å². The highest BCUT2D eigenvalue weighted by Gasteiger charge is 2.05. The monoisotopic (exact) mass is 235 g/mol. The molecular formula is C16H13NO. The van der Waals surface area contributed by atoms with Gasteiger partial charge in [0, 0.05) is 5.39 Å². The number of rotatable bonds is 2. The Hall–Kier alpha value is -2.48. The molecule has 0 fully saturated rings. The van der Waals surface area contributed by atoms with Crippen LogP contribution in [0.25, 0.3) is 10.8 Å². The highest BCUT2D eigenvalue weighted by Crippen LogP contribution is 2.33. The van der Waals surface area contributed by atoms with E-state index in [2.05, 4.69) is 0 Å². The average Bonchev–Trinajstić information content (AvgIpc) is 2.43. The Kier molecular flexibility index (Phi) is 2.61. The largest absolute Gasteiger partial charge is 0.455 e. The molecule has 2 heteroatoms. The molecule has 3 aromatic rings. The summed E-state index contributed by atoms with van der Waals surface area (Å²) in [6.07, 6.45) is 0. The van der Waals surface area contributed by atoms with Gasteiger partial charge in [-0.15, -0.1) is 0 Å². The number of ether oxygens (including phenoxy) is 1. The number of fused-ring (bicyclic) bond motifs is 1. The summed E-state index contributed by atoms with van der Waals surface area (Å²) in [4.78, 5) is 0. The van der Waals surface area contributed by atoms with Crippen LogP contribution in [-0.2, 0) is 0 Å². The van der Waals surface area contributed by atoms with E-state index in [4.69, 9.17) is 10.5 Å². The van der Waals surface area contributed by atoms with Gasteiger partial charge in [0.25, 0.3) is 0 Å². The molecule has 0 heterocycles. The lowest BCUT2D eigenvalue weighted by Gasteiger charge is -2.10. The molecule has 0 saturated carbocycles. The summed E-state index contributed by atoms with van der Waals surface area (Å²) in [6, 6.07) is 21.6. The van der Waals surface area contributed by atoms with Gasteiger partial charge in [-0.25, -0.2) is 0 Å². The SMILES string of the molecule is Nc1c(Oc2ccccc2)ccc2ccccc12. The summed E-state index contributed by atoms with van der Waals surface area (Å²) in [5.74, 6) is 1.49. The van der Waals surface area contributed by atoms with Crippen LogP contribution in [0.2, 0.25) is 0 Å². The van der Waals surface area contributed by atoms with Crippen LogP contribution in [0.5, 0.6) is 11.5 Å². The molecule has 0 unspecified atom stereocenters. The standard InChI is InChI=1S/C16H13NO/c17-16-14-9-5-4-6-12(14)10-11-15(16)18-13-7-2-1-3-8-13/h1-11H,17H2. The zero-order valence-electron chi connectivity index (χ0n) is 9.84. The first-order chi connectivity index (χ1) is 8.84. The smallest absolute Gasteiger partial charge is 0.150 e. The fraction of sp³-hybridized carbons (Fsp3) is 0. The van der Waals surface area contributed by atoms with Crippen molar-refractivity contribution in [3.8, 4) is 11.5 Å². The summed E-state index contributed by atoms with van der Waals surface area (Å²) in [5.41, 5.74) is 6.82. The maximum absolute atomic E-state index is 6.14. The molecule has 2 nitrogen and oxygen atoms in total. The van der Waals surface area contributed by atoms with Crippen LogP contribution in [0, 0.1) is 0 Å². The van der Waals surface area contributed by atoms with Crippen molar-refractivity contribution in [2.45, 2.75) is 0 Å². The van der Waals surface area contributed by atoms with Gasteiger partial charge in [0.2, 0.25) is 0 Å². The lowest BCUT2D eigenvalue weighted by molar-refractivity contribution is 0.486. The second-order valence-electron chi connectivity index (χ2n) is 4.11. The lowest BCUT2D eigenvalue weighted by atomic mass is 10.1. The normalized spacial score (nSPS) is 10.4. The highest BCUT2D eigenvalue weighted by atomic mass is 16.5. The molecule has 3 rings (SSSR count). The van der Waals surface area contributed by atoms with E-state index >= 15 is 0 Å². The van der Waals surface area contributed by atoms with Crippen LogP contribution in [-0.4, -0.2) is 0 Å². The van der Waals surface area contributed by atoms with Crippen LogP contribution in [0.3, 0.4) is 0 Å². The predicted octanol–water partition coefficient (Wildman–Crippen LogP) is 4.21. The Morgan fingerprint density at radius 2 is 1.44 bits per heavy atom. The number of nitrogen functional groups attached to an aromatic ring is 1. The Morgan fingerprint density at radius 3 is 2.28 bits per heavy atom. The molecule has 0 bridgehead atoms. The third-order valence-corrected chi connectivity index (χ3v) is 2.90. The molecule has 0 aliphatic heterocycles. The van der Waals surface area contributed by atoms with Crippen molar-refractivity contribution in [3.05, 3.63) is 66.7 Å². The van der Waals surface area contributed by atoms with E-state index < -0.39 is 0 Å². The summed E-state index contributed by atoms with van der Waals surface area (Å²) in [7, 11) is 0. The molecule has 0 spiro atoms. The van der Waals surface area contributed by atoms with Crippen molar-refractivity contribution >= 4 is 16.5 Å². The van der Waals surface area contributed by atoms with Crippen LogP contribution in [0.15, 0.2) is 66.7 Å². The van der Waals surface area contributed by atoms with Gasteiger partial charge in [-0.2, -0.15) is 0 Å². The maximum atomic E-state index is 6.14. The minimum absolute atomic E-state index is 0.678. The summed E-state index contributed by atoms with van der Waals surface area (Å²) in [6.45, 7) is 0. The molecule has 0 aliphatic rings. The van der Waals surface area contributed by atoms with E-state index in [1.54, 1.807) is 0 Å². The first kappa shape index (κ1) is 10.7. The molecule has 0 radical (unpaired) electrons. The summed E-state index contributed by atoms with van der Waals surface area (Å²) in [5, 5.41) is 2.14. The van der Waals surface area contributed by atoms with Crippen molar-refractivity contribution < 1.29 is 4.74 Å². The Morgan fingerprint density at radius 1 is 0.722 bits per heavy atom. The molecule has 18 heavy (non-hydrogen) atoms. The summed E-state index contributed by atoms with van der Waals surface area (Å²) < 4.78 is 5.79. The van der Waals surface area contributed by atoms with Gasteiger partial charge in [-0.3, -0.25) is 0 Å². The first-order valence-corrected chi connectivity index (χ1v) is 5.85. The minimum Gasteiger partial charge on any atom is -0.455 e. The van der Waals surface area contributed by atoms with Crippen molar-refractivity contribution in [1.82, 2.24) is 0 Å². The predicted molar refractivity (Wildman–Crippen MR) is 74.9 cm³/mol. The highest BCUT2D eigenvalue weighted by molar-refractivity contribution is 5.95. The van der Waals surface area contributed by atoms with Crippen LogP contribution >= 0.6 is 0 Å². The third-order valence-electron chi connectivity index (χ3n) is 2.90. The Bertz CT molecular complexity index is 677. The second-order valence-corrected chi connectivity index (χ2v) is 4.11. The maximum Gasteiger partial charge on any atom is 0.150 e. The van der Waals surface area contributed by atoms with Crippen molar-refractivity contribution in [2.75, 3.05) is 5.73 Å². The van der Waals surface area contributed by atoms with E-state index in [0.717, 1.165) is 16.5 Å². The van der Waals surface area contributed by atoms with Crippen LogP contribution in [0.4, 0.5) is 5.69 Å². The van der Waals surface area contributed by atoms with Gasteiger partial charge in [-0.1, -0.05) is 48.5 Å². The van der Waals surface area contributed by atoms with Crippen LogP contribution < -0.4 is 10.5 Å². The lowest BCUT2D eigenvalue weighted by Crippen LogP contribution is -1.93. The molecule has 0 aliphatic carbocycles. The second kappa shape index (κ2) is 4.41. The molecule has 0 amide bonds. The van der Waals surface area contributed by atoms with Gasteiger partial charge in [-0.05, 0) is 23.6 Å². The van der Waals surface area contributed by atoms with E-state index in [1.165, 1.54) is 0 Å². The van der Waals surface area contributed by atoms with Gasteiger partial charge in [0.15, 0.2) is 5.75 Å². The Labute approximate surface area is 106 Å². The zero-order chi connectivity index (χ0) is 12.4. The molecule has 0 aromatic heterocycles. The molecule has 3 aromatic carbocycles. The first-order valence-electron chi connectivity index (χ1n) is 5.85. The van der Waals surface area contributed by atoms with Crippen LogP contribution in [0.1, 0.15) is 0 Å². The quantitative estimate of drug-likeness (QED) is 0.675. The average molecular weight is 235 g/mol. The van der Waals surface area contributed by atoms with E-state index in [1.807, 2.05) is 66.7 Å². The van der Waals surface area contributed by atoms with Crippen molar-refractivity contribution in [2.24, 2.45) is 0 Å². The van der Waals surface area contributed by atoms with Crippen molar-refractivity contribution in [3.63, 3.8) is 0 Å². The third kappa shape index (κ3) is 1.89. The number of hydrogen-bond acceptors (Lipinski definition) is 2. The number of nitrogens with two attached hydrogens (primary N) is 1. The fourth-order valence-corrected chi connectivity index (χ4v) is 1.98. The fourth-order valence-electron chi connectivity index (χ4n) is 1.98. The minimum atomic E-state index is 0.678.